The molecular formula is C30H36Cl2FN3O3. The molecule has 4 unspecified atom stereocenters. The Morgan fingerprint density at radius 2 is 1.87 bits per heavy atom. The molecular weight excluding hydrogens is 540 g/mol. The second kappa shape index (κ2) is 11.6. The van der Waals surface area contributed by atoms with E-state index >= 15 is 4.39 Å². The topological polar surface area (TPSA) is 87.3 Å². The van der Waals surface area contributed by atoms with Crippen LogP contribution in [0, 0.1) is 11.2 Å². The third kappa shape index (κ3) is 5.86. The molecule has 2 fully saturated rings. The van der Waals surface area contributed by atoms with Crippen LogP contribution in [0.5, 0.6) is 0 Å². The van der Waals surface area contributed by atoms with E-state index in [0.29, 0.717) is 48.4 Å². The Bertz CT molecular complexity index is 1250. The smallest absolute Gasteiger partial charge is 0.238 e. The van der Waals surface area contributed by atoms with Crippen molar-refractivity contribution in [2.75, 3.05) is 12.4 Å². The summed E-state index contributed by atoms with van der Waals surface area (Å²) in [5.74, 6) is -1.72. The zero-order chi connectivity index (χ0) is 28.5. The van der Waals surface area contributed by atoms with E-state index in [0.717, 1.165) is 6.29 Å². The van der Waals surface area contributed by atoms with Crippen molar-refractivity contribution in [1.82, 2.24) is 10.6 Å². The quantitative estimate of drug-likeness (QED) is 0.363. The number of benzene rings is 2. The molecule has 4 atom stereocenters. The molecule has 6 nitrogen and oxygen atoms in total. The van der Waals surface area contributed by atoms with E-state index < -0.39 is 29.2 Å². The van der Waals surface area contributed by atoms with Crippen molar-refractivity contribution in [3.63, 3.8) is 0 Å². The highest BCUT2D eigenvalue weighted by Gasteiger charge is 2.60. The molecule has 1 amide bonds. The zero-order valence-electron chi connectivity index (χ0n) is 22.7. The lowest BCUT2D eigenvalue weighted by Crippen LogP contribution is -2.49. The van der Waals surface area contributed by atoms with Gasteiger partial charge in [-0.25, -0.2) is 4.39 Å². The predicted molar refractivity (Wildman–Crippen MR) is 153 cm³/mol. The minimum Gasteiger partial charge on any atom is -0.388 e. The minimum absolute atomic E-state index is 0.0820. The van der Waals surface area contributed by atoms with E-state index in [2.05, 4.69) is 36.7 Å². The molecule has 0 radical (unpaired) electrons. The maximum Gasteiger partial charge on any atom is 0.238 e. The number of aldehydes is 1. The predicted octanol–water partition coefficient (Wildman–Crippen LogP) is 5.80. The Morgan fingerprint density at radius 3 is 2.49 bits per heavy atom. The highest BCUT2D eigenvalue weighted by Crippen LogP contribution is 2.53. The maximum atomic E-state index is 15.8. The third-order valence-corrected chi connectivity index (χ3v) is 8.55. The number of halogens is 3. The summed E-state index contributed by atoms with van der Waals surface area (Å²) in [4.78, 5) is 39.3. The summed E-state index contributed by atoms with van der Waals surface area (Å²) in [6, 6.07) is 8.27. The molecule has 0 spiro atoms. The van der Waals surface area contributed by atoms with Crippen molar-refractivity contribution in [3.05, 3.63) is 63.4 Å². The van der Waals surface area contributed by atoms with Crippen LogP contribution in [0.2, 0.25) is 10.0 Å². The first kappa shape index (κ1) is 29.5. The molecule has 1 saturated carbocycles. The Kier molecular flexibility index (Phi) is 8.74. The summed E-state index contributed by atoms with van der Waals surface area (Å²) in [6.45, 7) is 6.19. The fourth-order valence-corrected chi connectivity index (χ4v) is 6.61. The standard InChI is InChI=1S/C30H36Cl2FN3O3/c1-29(2,3)15-24-30(16-37,21-13-8-17(31)14-23(21)34-4)25(20-6-5-7-22(32)26(20)33)27(36-24)28(39)35-18-9-11-19(38)12-10-18/h5-8,13-14,16,18,24-25,27,34,36H,9-12,15H2,1-4H3,(H,35,39). The van der Waals surface area contributed by atoms with Gasteiger partial charge in [-0.2, -0.15) is 0 Å². The molecule has 3 N–H and O–H groups in total. The first-order valence-corrected chi connectivity index (χ1v) is 14.1. The van der Waals surface area contributed by atoms with Crippen LogP contribution >= 0.6 is 23.2 Å². The molecule has 4 rings (SSSR count). The Morgan fingerprint density at radius 1 is 1.18 bits per heavy atom. The molecule has 0 bridgehead atoms. The highest BCUT2D eigenvalue weighted by molar-refractivity contribution is 6.31. The van der Waals surface area contributed by atoms with E-state index in [1.807, 2.05) is 0 Å². The van der Waals surface area contributed by atoms with Crippen molar-refractivity contribution in [2.24, 2.45) is 5.41 Å². The van der Waals surface area contributed by atoms with Crippen LogP contribution in [0.25, 0.3) is 0 Å². The molecule has 39 heavy (non-hydrogen) atoms. The summed E-state index contributed by atoms with van der Waals surface area (Å²) in [7, 11) is 1.73. The largest absolute Gasteiger partial charge is 0.388 e. The van der Waals surface area contributed by atoms with Crippen molar-refractivity contribution in [3.8, 4) is 0 Å². The van der Waals surface area contributed by atoms with Crippen LogP contribution in [0.4, 0.5) is 10.1 Å². The molecule has 0 aromatic heterocycles. The molecule has 1 heterocycles. The fraction of sp³-hybridized carbons (Fsp3) is 0.500. The highest BCUT2D eigenvalue weighted by atomic mass is 35.5. The van der Waals surface area contributed by atoms with Gasteiger partial charge in [0, 0.05) is 48.6 Å². The first-order valence-electron chi connectivity index (χ1n) is 13.4. The van der Waals surface area contributed by atoms with Crippen molar-refractivity contribution >= 4 is 46.9 Å². The fourth-order valence-electron chi connectivity index (χ4n) is 6.26. The second-order valence-corrected chi connectivity index (χ2v) is 12.7. The summed E-state index contributed by atoms with van der Waals surface area (Å²) in [6.07, 6.45) is 3.32. The Labute approximate surface area is 239 Å². The van der Waals surface area contributed by atoms with E-state index in [1.54, 1.807) is 37.4 Å². The SMILES string of the molecule is CNc1cc(Cl)ccc1C1(C=O)C(CC(C)(C)C)NC(C(=O)NC2CCC(=O)CC2)C1c1cccc(Cl)c1F. The average molecular weight is 577 g/mol. The molecule has 2 aliphatic rings. The van der Waals surface area contributed by atoms with Gasteiger partial charge >= 0.3 is 0 Å². The number of amides is 1. The van der Waals surface area contributed by atoms with Gasteiger partial charge in [-0.3, -0.25) is 9.59 Å². The number of hydrogen-bond donors (Lipinski definition) is 3. The van der Waals surface area contributed by atoms with Crippen LogP contribution in [0.3, 0.4) is 0 Å². The second-order valence-electron chi connectivity index (χ2n) is 11.9. The number of rotatable bonds is 7. The van der Waals surface area contributed by atoms with Gasteiger partial charge in [0.2, 0.25) is 5.91 Å². The van der Waals surface area contributed by atoms with Gasteiger partial charge in [-0.15, -0.1) is 0 Å². The van der Waals surface area contributed by atoms with Crippen LogP contribution in [-0.2, 0) is 19.8 Å². The monoisotopic (exact) mass is 575 g/mol. The Balaban J connectivity index is 1.92. The number of ketones is 1. The van der Waals surface area contributed by atoms with E-state index in [-0.39, 0.29) is 33.7 Å². The van der Waals surface area contributed by atoms with Crippen molar-refractivity contribution in [2.45, 2.75) is 82.3 Å². The minimum atomic E-state index is -1.34. The summed E-state index contributed by atoms with van der Waals surface area (Å²) in [5.41, 5.74) is -0.144. The van der Waals surface area contributed by atoms with E-state index in [1.165, 1.54) is 6.07 Å². The number of Topliss-reactive ketones (excluding diaryl/α,β-unsaturated/α-hetero) is 1. The van der Waals surface area contributed by atoms with Crippen LogP contribution in [-0.4, -0.2) is 43.1 Å². The van der Waals surface area contributed by atoms with Crippen LogP contribution in [0.15, 0.2) is 36.4 Å². The molecule has 9 heteroatoms. The van der Waals surface area contributed by atoms with Gasteiger partial charge in [0.1, 0.15) is 17.9 Å². The summed E-state index contributed by atoms with van der Waals surface area (Å²) < 4.78 is 15.8. The van der Waals surface area contributed by atoms with Gasteiger partial charge in [-0.05, 0) is 54.0 Å². The molecule has 2 aromatic carbocycles. The maximum absolute atomic E-state index is 15.8. The van der Waals surface area contributed by atoms with Crippen LogP contribution < -0.4 is 16.0 Å². The van der Waals surface area contributed by atoms with Gasteiger partial charge in [-0.1, -0.05) is 62.2 Å². The zero-order valence-corrected chi connectivity index (χ0v) is 24.3. The molecule has 210 valence electrons. The van der Waals surface area contributed by atoms with E-state index in [4.69, 9.17) is 23.2 Å². The lowest BCUT2D eigenvalue weighted by Gasteiger charge is -2.39. The van der Waals surface area contributed by atoms with Crippen molar-refractivity contribution in [1.29, 1.82) is 0 Å². The summed E-state index contributed by atoms with van der Waals surface area (Å²) in [5, 5.41) is 10.1. The normalized spacial score (nSPS) is 25.9. The number of carbonyl (C=O) groups is 3. The van der Waals surface area contributed by atoms with E-state index in [9.17, 15) is 14.4 Å². The van der Waals surface area contributed by atoms with Crippen molar-refractivity contribution < 1.29 is 18.8 Å². The summed E-state index contributed by atoms with van der Waals surface area (Å²) >= 11 is 12.6. The van der Waals surface area contributed by atoms with Gasteiger partial charge in [0.05, 0.1) is 16.5 Å². The van der Waals surface area contributed by atoms with Gasteiger partial charge < -0.3 is 20.7 Å². The number of nitrogens with one attached hydrogen (secondary N) is 3. The number of anilines is 1. The number of carbonyl (C=O) groups excluding carboxylic acids is 3. The first-order chi connectivity index (χ1) is 18.4. The lowest BCUT2D eigenvalue weighted by atomic mass is 9.62. The molecule has 1 aliphatic heterocycles. The average Bonchev–Trinajstić information content (AvgIpc) is 3.20. The number of hydrogen-bond acceptors (Lipinski definition) is 5. The molecule has 2 aromatic rings. The lowest BCUT2D eigenvalue weighted by molar-refractivity contribution is -0.126. The Hall–Kier alpha value is -2.48. The van der Waals surface area contributed by atoms with Gasteiger partial charge in [0.25, 0.3) is 0 Å². The van der Waals surface area contributed by atoms with Gasteiger partial charge in [0.15, 0.2) is 0 Å². The third-order valence-electron chi connectivity index (χ3n) is 8.02. The molecule has 1 aliphatic carbocycles. The molecule has 1 saturated heterocycles. The van der Waals surface area contributed by atoms with Crippen LogP contribution in [0.1, 0.15) is 69.9 Å².